The highest BCUT2D eigenvalue weighted by Gasteiger charge is 2.33. The predicted molar refractivity (Wildman–Crippen MR) is 70.9 cm³/mol. The zero-order valence-electron chi connectivity index (χ0n) is 9.06. The van der Waals surface area contributed by atoms with Crippen molar-refractivity contribution in [2.45, 2.75) is 19.9 Å². The number of carbonyl (C=O) groups is 1. The van der Waals surface area contributed by atoms with E-state index in [4.69, 9.17) is 12.2 Å². The molecule has 0 atom stereocenters. The first kappa shape index (κ1) is 11.4. The quantitative estimate of drug-likeness (QED) is 0.649. The summed E-state index contributed by atoms with van der Waals surface area (Å²) in [4.78, 5) is 17.4. The van der Waals surface area contributed by atoms with E-state index in [9.17, 15) is 4.79 Å². The highest BCUT2D eigenvalue weighted by Crippen LogP contribution is 2.33. The van der Waals surface area contributed by atoms with Crippen molar-refractivity contribution in [3.8, 4) is 0 Å². The monoisotopic (exact) mass is 252 g/mol. The normalized spacial score (nSPS) is 19.2. The van der Waals surface area contributed by atoms with Gasteiger partial charge in [0, 0.05) is 17.9 Å². The van der Waals surface area contributed by atoms with E-state index >= 15 is 0 Å². The molecule has 1 aliphatic heterocycles. The van der Waals surface area contributed by atoms with E-state index in [0.29, 0.717) is 9.23 Å². The Balaban J connectivity index is 2.27. The molecule has 0 aromatic carbocycles. The summed E-state index contributed by atoms with van der Waals surface area (Å²) >= 11 is 6.54. The van der Waals surface area contributed by atoms with Crippen molar-refractivity contribution in [2.24, 2.45) is 0 Å². The highest BCUT2D eigenvalue weighted by atomic mass is 32.2. The number of aromatic amines is 1. The summed E-state index contributed by atoms with van der Waals surface area (Å²) < 4.78 is 0.637. The zero-order chi connectivity index (χ0) is 11.7. The number of thiocarbonyl (C=S) groups is 1. The van der Waals surface area contributed by atoms with E-state index in [0.717, 1.165) is 5.69 Å². The minimum Gasteiger partial charge on any atom is -0.362 e. The number of hydrogen-bond acceptors (Lipinski definition) is 3. The Kier molecular flexibility index (Phi) is 3.16. The van der Waals surface area contributed by atoms with Gasteiger partial charge in [0.1, 0.15) is 4.32 Å². The molecule has 3 nitrogen and oxygen atoms in total. The lowest BCUT2D eigenvalue weighted by Gasteiger charge is -2.18. The third-order valence-electron chi connectivity index (χ3n) is 2.25. The van der Waals surface area contributed by atoms with Crippen LogP contribution in [0.25, 0.3) is 6.08 Å². The highest BCUT2D eigenvalue weighted by molar-refractivity contribution is 8.26. The number of nitrogens with one attached hydrogen (secondary N) is 1. The smallest absolute Gasteiger partial charge is 0.266 e. The lowest BCUT2D eigenvalue weighted by Crippen LogP contribution is -2.34. The van der Waals surface area contributed by atoms with Gasteiger partial charge in [-0.25, -0.2) is 0 Å². The summed E-state index contributed by atoms with van der Waals surface area (Å²) in [5.74, 6) is -0.000370. The number of H-pyrrole nitrogens is 1. The molecule has 16 heavy (non-hydrogen) atoms. The molecule has 84 valence electrons. The van der Waals surface area contributed by atoms with Gasteiger partial charge in [0.25, 0.3) is 5.91 Å². The Morgan fingerprint density at radius 3 is 2.81 bits per heavy atom. The first-order valence-electron chi connectivity index (χ1n) is 5.00. The summed E-state index contributed by atoms with van der Waals surface area (Å²) in [5.41, 5.74) is 0.921. The van der Waals surface area contributed by atoms with Crippen molar-refractivity contribution in [1.82, 2.24) is 9.88 Å². The molecule has 1 saturated heterocycles. The average molecular weight is 252 g/mol. The molecule has 0 saturated carbocycles. The molecule has 1 aromatic heterocycles. The molecule has 0 aliphatic carbocycles. The molecule has 1 amide bonds. The van der Waals surface area contributed by atoms with Crippen molar-refractivity contribution in [3.63, 3.8) is 0 Å². The van der Waals surface area contributed by atoms with Gasteiger partial charge >= 0.3 is 0 Å². The van der Waals surface area contributed by atoms with Crippen LogP contribution >= 0.6 is 24.0 Å². The fraction of sp³-hybridized carbons (Fsp3) is 0.273. The lowest BCUT2D eigenvalue weighted by molar-refractivity contribution is -0.123. The van der Waals surface area contributed by atoms with Gasteiger partial charge in [0.2, 0.25) is 0 Å². The number of hydrogen-bond donors (Lipinski definition) is 1. The van der Waals surface area contributed by atoms with Gasteiger partial charge in [-0.2, -0.15) is 0 Å². The Bertz CT molecular complexity index is 449. The minimum absolute atomic E-state index is 0.000370. The molecular formula is C11H12N2OS2. The van der Waals surface area contributed by atoms with Gasteiger partial charge in [0.15, 0.2) is 0 Å². The summed E-state index contributed by atoms with van der Waals surface area (Å²) in [6.45, 7) is 3.92. The van der Waals surface area contributed by atoms with Gasteiger partial charge in [0.05, 0.1) is 4.91 Å². The first-order chi connectivity index (χ1) is 7.59. The van der Waals surface area contributed by atoms with E-state index in [1.165, 1.54) is 11.8 Å². The molecular weight excluding hydrogens is 240 g/mol. The van der Waals surface area contributed by atoms with Crippen LogP contribution < -0.4 is 0 Å². The number of carbonyl (C=O) groups excluding carboxylic acids is 1. The van der Waals surface area contributed by atoms with E-state index in [1.54, 1.807) is 4.90 Å². The Morgan fingerprint density at radius 1 is 1.56 bits per heavy atom. The standard InChI is InChI=1S/C11H12N2OS2/c1-7(2)13-10(14)9(16-11(13)15)6-8-4-3-5-12-8/h3-7,12H,1-2H3/b9-6+. The van der Waals surface area contributed by atoms with Crippen LogP contribution in [-0.2, 0) is 4.79 Å². The third kappa shape index (κ3) is 2.05. The molecule has 2 rings (SSSR count). The van der Waals surface area contributed by atoms with Crippen LogP contribution in [0.2, 0.25) is 0 Å². The molecule has 1 fully saturated rings. The first-order valence-corrected chi connectivity index (χ1v) is 6.22. The summed E-state index contributed by atoms with van der Waals surface area (Å²) in [6, 6.07) is 3.93. The largest absolute Gasteiger partial charge is 0.362 e. The van der Waals surface area contributed by atoms with E-state index < -0.39 is 0 Å². The van der Waals surface area contributed by atoms with Crippen molar-refractivity contribution >= 4 is 40.3 Å². The van der Waals surface area contributed by atoms with Gasteiger partial charge in [-0.1, -0.05) is 24.0 Å². The number of rotatable bonds is 2. The maximum absolute atomic E-state index is 12.0. The maximum atomic E-state index is 12.0. The molecule has 0 bridgehead atoms. The van der Waals surface area contributed by atoms with Crippen molar-refractivity contribution in [3.05, 3.63) is 28.9 Å². The van der Waals surface area contributed by atoms with Crippen molar-refractivity contribution in [1.29, 1.82) is 0 Å². The molecule has 1 aliphatic rings. The van der Waals surface area contributed by atoms with Gasteiger partial charge in [-0.05, 0) is 32.1 Å². The Labute approximate surface area is 104 Å². The average Bonchev–Trinajstić information content (AvgIpc) is 2.76. The predicted octanol–water partition coefficient (Wildman–Crippen LogP) is 2.62. The fourth-order valence-electron chi connectivity index (χ4n) is 1.50. The molecule has 1 N–H and O–H groups in total. The van der Waals surface area contributed by atoms with Crippen LogP contribution in [-0.4, -0.2) is 26.2 Å². The third-order valence-corrected chi connectivity index (χ3v) is 3.58. The molecule has 0 radical (unpaired) electrons. The molecule has 2 heterocycles. The summed E-state index contributed by atoms with van der Waals surface area (Å²) in [5, 5.41) is 0. The van der Waals surface area contributed by atoms with Crippen LogP contribution in [0.4, 0.5) is 0 Å². The maximum Gasteiger partial charge on any atom is 0.266 e. The van der Waals surface area contributed by atoms with Crippen molar-refractivity contribution in [2.75, 3.05) is 0 Å². The fourth-order valence-corrected chi connectivity index (χ4v) is 3.02. The molecule has 1 aromatic rings. The Morgan fingerprint density at radius 2 is 2.31 bits per heavy atom. The van der Waals surface area contributed by atoms with Gasteiger partial charge in [-0.3, -0.25) is 9.69 Å². The number of nitrogens with zero attached hydrogens (tertiary/aromatic N) is 1. The van der Waals surface area contributed by atoms with Gasteiger partial charge in [-0.15, -0.1) is 0 Å². The number of thioether (sulfide) groups is 1. The minimum atomic E-state index is -0.000370. The SMILES string of the molecule is CC(C)N1C(=O)/C(=C\c2ccc[nH]2)SC1=S. The second-order valence-corrected chi connectivity index (χ2v) is 5.45. The second-order valence-electron chi connectivity index (χ2n) is 3.77. The summed E-state index contributed by atoms with van der Waals surface area (Å²) in [7, 11) is 0. The number of amides is 1. The number of aromatic nitrogens is 1. The van der Waals surface area contributed by atoms with Gasteiger partial charge < -0.3 is 4.98 Å². The second kappa shape index (κ2) is 4.43. The van der Waals surface area contributed by atoms with Crippen LogP contribution in [0.1, 0.15) is 19.5 Å². The van der Waals surface area contributed by atoms with E-state index in [2.05, 4.69) is 4.98 Å². The van der Waals surface area contributed by atoms with E-state index in [1.807, 2.05) is 38.3 Å². The molecule has 0 spiro atoms. The van der Waals surface area contributed by atoms with Crippen LogP contribution in [0, 0.1) is 0 Å². The van der Waals surface area contributed by atoms with Crippen LogP contribution in [0.5, 0.6) is 0 Å². The molecule has 0 unspecified atom stereocenters. The summed E-state index contributed by atoms with van der Waals surface area (Å²) in [6.07, 6.45) is 3.66. The van der Waals surface area contributed by atoms with Crippen LogP contribution in [0.3, 0.4) is 0 Å². The zero-order valence-corrected chi connectivity index (χ0v) is 10.7. The van der Waals surface area contributed by atoms with Crippen molar-refractivity contribution < 1.29 is 4.79 Å². The molecule has 5 heteroatoms. The lowest BCUT2D eigenvalue weighted by atomic mass is 10.3. The van der Waals surface area contributed by atoms with Crippen LogP contribution in [0.15, 0.2) is 23.2 Å². The topological polar surface area (TPSA) is 36.1 Å². The van der Waals surface area contributed by atoms with E-state index in [-0.39, 0.29) is 11.9 Å². The Hall–Kier alpha value is -1.07.